The highest BCUT2D eigenvalue weighted by atomic mass is 32.2. The molecule has 0 atom stereocenters. The van der Waals surface area contributed by atoms with Crippen molar-refractivity contribution in [2.24, 2.45) is 0 Å². The molecule has 2 amide bonds. The van der Waals surface area contributed by atoms with Gasteiger partial charge in [-0.2, -0.15) is 0 Å². The Kier molecular flexibility index (Phi) is 7.75. The molecule has 3 aromatic rings. The van der Waals surface area contributed by atoms with Crippen molar-refractivity contribution in [3.05, 3.63) is 54.7 Å². The molecule has 4 rings (SSSR count). The number of nitrogens with one attached hydrogen (secondary N) is 1. The summed E-state index contributed by atoms with van der Waals surface area (Å²) in [6.45, 7) is 3.93. The van der Waals surface area contributed by atoms with E-state index in [1.807, 2.05) is 17.9 Å². The predicted molar refractivity (Wildman–Crippen MR) is 135 cm³/mol. The Morgan fingerprint density at radius 2 is 1.66 bits per heavy atom. The molecular formula is C26H31N3O5S. The first-order chi connectivity index (χ1) is 16.9. The Balaban J connectivity index is 1.52. The molecule has 0 unspecified atom stereocenters. The monoisotopic (exact) mass is 497 g/mol. The van der Waals surface area contributed by atoms with Gasteiger partial charge in [-0.3, -0.25) is 9.59 Å². The average Bonchev–Trinajstić information content (AvgIpc) is 3.00. The van der Waals surface area contributed by atoms with Crippen LogP contribution in [0.2, 0.25) is 0 Å². The number of carbonyl (C=O) groups excluding carboxylic acids is 2. The standard InChI is InChI=1S/C26H31N3O5S/c1-2-34-21-13-11-20(12-14-21)27-25(30)19-35(32,33)24-17-29(23-10-6-5-9-22(23)24)18-26(31)28-15-7-3-4-8-16-28/h5-6,9-14,17H,2-4,7-8,15-16,18-19H2,1H3,(H,27,30). The lowest BCUT2D eigenvalue weighted by molar-refractivity contribution is -0.131. The average molecular weight is 498 g/mol. The molecule has 8 nitrogen and oxygen atoms in total. The minimum atomic E-state index is -3.95. The van der Waals surface area contributed by atoms with E-state index in [0.717, 1.165) is 38.8 Å². The largest absolute Gasteiger partial charge is 0.494 e. The number of benzene rings is 2. The third kappa shape index (κ3) is 6.03. The summed E-state index contributed by atoms with van der Waals surface area (Å²) in [6, 6.07) is 13.8. The first-order valence-corrected chi connectivity index (χ1v) is 13.6. The van der Waals surface area contributed by atoms with E-state index in [4.69, 9.17) is 4.74 Å². The van der Waals surface area contributed by atoms with Crippen molar-refractivity contribution in [1.82, 2.24) is 9.47 Å². The molecule has 186 valence electrons. The van der Waals surface area contributed by atoms with Crippen molar-refractivity contribution in [2.75, 3.05) is 30.8 Å². The van der Waals surface area contributed by atoms with Crippen molar-refractivity contribution in [3.63, 3.8) is 0 Å². The Morgan fingerprint density at radius 1 is 0.971 bits per heavy atom. The summed E-state index contributed by atoms with van der Waals surface area (Å²) >= 11 is 0. The number of anilines is 1. The van der Waals surface area contributed by atoms with E-state index in [2.05, 4.69) is 5.32 Å². The molecule has 1 aromatic heterocycles. The molecule has 9 heteroatoms. The number of sulfone groups is 1. The van der Waals surface area contributed by atoms with Gasteiger partial charge in [0.15, 0.2) is 9.84 Å². The van der Waals surface area contributed by atoms with Crippen molar-refractivity contribution in [2.45, 2.75) is 44.0 Å². The summed E-state index contributed by atoms with van der Waals surface area (Å²) in [4.78, 5) is 27.4. The molecule has 0 bridgehead atoms. The van der Waals surface area contributed by atoms with Crippen LogP contribution in [0.5, 0.6) is 5.75 Å². The van der Waals surface area contributed by atoms with Gasteiger partial charge < -0.3 is 19.5 Å². The maximum atomic E-state index is 13.2. The maximum absolute atomic E-state index is 13.2. The zero-order chi connectivity index (χ0) is 24.8. The number of ether oxygens (including phenoxy) is 1. The lowest BCUT2D eigenvalue weighted by atomic mass is 10.2. The number of likely N-dealkylation sites (tertiary alicyclic amines) is 1. The highest BCUT2D eigenvalue weighted by Gasteiger charge is 2.26. The van der Waals surface area contributed by atoms with Gasteiger partial charge in [0.25, 0.3) is 0 Å². The van der Waals surface area contributed by atoms with E-state index >= 15 is 0 Å². The molecule has 1 fully saturated rings. The molecule has 1 aliphatic rings. The molecule has 0 saturated carbocycles. The fourth-order valence-electron chi connectivity index (χ4n) is 4.41. The number of aromatic nitrogens is 1. The van der Waals surface area contributed by atoms with Gasteiger partial charge in [0.2, 0.25) is 11.8 Å². The van der Waals surface area contributed by atoms with Crippen molar-refractivity contribution in [1.29, 1.82) is 0 Å². The molecule has 2 heterocycles. The summed E-state index contributed by atoms with van der Waals surface area (Å²) in [5, 5.41) is 3.14. The maximum Gasteiger partial charge on any atom is 0.242 e. The van der Waals surface area contributed by atoms with Crippen LogP contribution < -0.4 is 10.1 Å². The van der Waals surface area contributed by atoms with Crippen molar-refractivity contribution >= 4 is 38.2 Å². The molecular weight excluding hydrogens is 466 g/mol. The number of carbonyl (C=O) groups is 2. The van der Waals surface area contributed by atoms with Gasteiger partial charge >= 0.3 is 0 Å². The van der Waals surface area contributed by atoms with Crippen LogP contribution in [0.4, 0.5) is 5.69 Å². The van der Waals surface area contributed by atoms with Gasteiger partial charge in [0, 0.05) is 35.9 Å². The van der Waals surface area contributed by atoms with E-state index in [0.29, 0.717) is 28.9 Å². The summed E-state index contributed by atoms with van der Waals surface area (Å²) in [7, 11) is -3.95. The van der Waals surface area contributed by atoms with Crippen LogP contribution in [0, 0.1) is 0 Å². The van der Waals surface area contributed by atoms with Gasteiger partial charge in [-0.25, -0.2) is 8.42 Å². The molecule has 1 aliphatic heterocycles. The summed E-state index contributed by atoms with van der Waals surface area (Å²) in [6.07, 6.45) is 5.71. The van der Waals surface area contributed by atoms with E-state index in [1.54, 1.807) is 47.0 Å². The number of hydrogen-bond donors (Lipinski definition) is 1. The molecule has 2 aromatic carbocycles. The number of rotatable bonds is 8. The Hall–Kier alpha value is -3.33. The minimum absolute atomic E-state index is 0.0233. The lowest BCUT2D eigenvalue weighted by Crippen LogP contribution is -2.34. The third-order valence-corrected chi connectivity index (χ3v) is 7.76. The fraction of sp³-hybridized carbons (Fsp3) is 0.385. The van der Waals surface area contributed by atoms with E-state index in [1.165, 1.54) is 6.20 Å². The van der Waals surface area contributed by atoms with Crippen molar-refractivity contribution in [3.8, 4) is 5.75 Å². The number of para-hydroxylation sites is 1. The molecule has 0 spiro atoms. The normalized spacial score (nSPS) is 14.5. The SMILES string of the molecule is CCOc1ccc(NC(=O)CS(=O)(=O)c2cn(CC(=O)N3CCCCCC3)c3ccccc23)cc1. The first-order valence-electron chi connectivity index (χ1n) is 12.0. The Morgan fingerprint density at radius 3 is 2.34 bits per heavy atom. The topological polar surface area (TPSA) is 97.7 Å². The fourth-order valence-corrected chi connectivity index (χ4v) is 5.77. The van der Waals surface area contributed by atoms with Crippen LogP contribution in [0.15, 0.2) is 59.6 Å². The highest BCUT2D eigenvalue weighted by molar-refractivity contribution is 7.92. The summed E-state index contributed by atoms with van der Waals surface area (Å²) in [5.41, 5.74) is 1.14. The summed E-state index contributed by atoms with van der Waals surface area (Å²) in [5.74, 6) is -0.689. The Bertz CT molecular complexity index is 1290. The van der Waals surface area contributed by atoms with E-state index < -0.39 is 21.5 Å². The van der Waals surface area contributed by atoms with Gasteiger partial charge in [-0.15, -0.1) is 0 Å². The van der Waals surface area contributed by atoms with Gasteiger partial charge in [0.1, 0.15) is 18.0 Å². The molecule has 0 radical (unpaired) electrons. The molecule has 1 saturated heterocycles. The minimum Gasteiger partial charge on any atom is -0.494 e. The summed E-state index contributed by atoms with van der Waals surface area (Å²) < 4.78 is 33.5. The molecule has 1 N–H and O–H groups in total. The number of nitrogens with zero attached hydrogens (tertiary/aromatic N) is 2. The highest BCUT2D eigenvalue weighted by Crippen LogP contribution is 2.27. The van der Waals surface area contributed by atoms with Crippen molar-refractivity contribution < 1.29 is 22.7 Å². The van der Waals surface area contributed by atoms with Gasteiger partial charge in [-0.05, 0) is 50.1 Å². The van der Waals surface area contributed by atoms with Crippen LogP contribution in [-0.4, -0.2) is 55.1 Å². The molecule has 35 heavy (non-hydrogen) atoms. The third-order valence-electron chi connectivity index (χ3n) is 6.12. The van der Waals surface area contributed by atoms with Crippen LogP contribution in [0.3, 0.4) is 0 Å². The van der Waals surface area contributed by atoms with Crippen LogP contribution in [0.1, 0.15) is 32.6 Å². The van der Waals surface area contributed by atoms with Crippen LogP contribution >= 0.6 is 0 Å². The Labute approximate surface area is 205 Å². The van der Waals surface area contributed by atoms with E-state index in [9.17, 15) is 18.0 Å². The second-order valence-corrected chi connectivity index (χ2v) is 10.7. The van der Waals surface area contributed by atoms with Crippen LogP contribution in [0.25, 0.3) is 10.9 Å². The number of amides is 2. The smallest absolute Gasteiger partial charge is 0.242 e. The molecule has 0 aliphatic carbocycles. The quantitative estimate of drug-likeness (QED) is 0.510. The van der Waals surface area contributed by atoms with Crippen LogP contribution in [-0.2, 0) is 26.0 Å². The zero-order valence-electron chi connectivity index (χ0n) is 19.9. The van der Waals surface area contributed by atoms with Gasteiger partial charge in [0.05, 0.1) is 11.5 Å². The predicted octanol–water partition coefficient (Wildman–Crippen LogP) is 3.86. The second kappa shape index (κ2) is 10.9. The first kappa shape index (κ1) is 24.8. The van der Waals surface area contributed by atoms with E-state index in [-0.39, 0.29) is 17.3 Å². The lowest BCUT2D eigenvalue weighted by Gasteiger charge is -2.20. The number of fused-ring (bicyclic) bond motifs is 1. The van der Waals surface area contributed by atoms with Gasteiger partial charge in [-0.1, -0.05) is 31.0 Å². The number of hydrogen-bond acceptors (Lipinski definition) is 5. The second-order valence-electron chi connectivity index (χ2n) is 8.70. The zero-order valence-corrected chi connectivity index (χ0v) is 20.7.